The lowest BCUT2D eigenvalue weighted by atomic mass is 9.79. The van der Waals surface area contributed by atoms with E-state index in [1.165, 1.54) is 10.6 Å². The van der Waals surface area contributed by atoms with E-state index < -0.39 is 0 Å². The minimum Gasteiger partial charge on any atom is -0.338 e. The standard InChI is InChI=1S/C17H22N4O2/c1-11-4-5-14-19-8-12(16(23)21(14)9-11)15(22)20-7-6-13(18)17(2,3)10-20/h4-5,8-9,13H,6-7,10,18H2,1-3H3. The van der Waals surface area contributed by atoms with Gasteiger partial charge in [0.1, 0.15) is 11.2 Å². The quantitative estimate of drug-likeness (QED) is 0.857. The van der Waals surface area contributed by atoms with Gasteiger partial charge in [0.2, 0.25) is 0 Å². The first-order valence-electron chi connectivity index (χ1n) is 7.82. The summed E-state index contributed by atoms with van der Waals surface area (Å²) in [7, 11) is 0. The van der Waals surface area contributed by atoms with E-state index in [0.717, 1.165) is 12.0 Å². The summed E-state index contributed by atoms with van der Waals surface area (Å²) in [5, 5.41) is 0. The Morgan fingerprint density at radius 1 is 1.39 bits per heavy atom. The van der Waals surface area contributed by atoms with E-state index in [1.807, 2.05) is 26.8 Å². The highest BCUT2D eigenvalue weighted by Gasteiger charge is 2.36. The van der Waals surface area contributed by atoms with Crippen LogP contribution in [0, 0.1) is 12.3 Å². The van der Waals surface area contributed by atoms with Gasteiger partial charge in [-0.3, -0.25) is 14.0 Å². The number of carbonyl (C=O) groups excluding carboxylic acids is 1. The summed E-state index contributed by atoms with van der Waals surface area (Å²) in [4.78, 5) is 31.4. The molecule has 2 aromatic rings. The van der Waals surface area contributed by atoms with Crippen LogP contribution in [0.15, 0.2) is 29.3 Å². The normalized spacial score (nSPS) is 20.7. The Kier molecular flexibility index (Phi) is 3.72. The lowest BCUT2D eigenvalue weighted by Gasteiger charge is -2.42. The van der Waals surface area contributed by atoms with E-state index in [2.05, 4.69) is 4.98 Å². The highest BCUT2D eigenvalue weighted by atomic mass is 16.2. The van der Waals surface area contributed by atoms with Crippen molar-refractivity contribution in [3.63, 3.8) is 0 Å². The third-order valence-electron chi connectivity index (χ3n) is 4.68. The van der Waals surface area contributed by atoms with Crippen LogP contribution in [0.2, 0.25) is 0 Å². The van der Waals surface area contributed by atoms with Gasteiger partial charge in [-0.25, -0.2) is 4.98 Å². The summed E-state index contributed by atoms with van der Waals surface area (Å²) in [6.45, 7) is 7.11. The molecule has 0 radical (unpaired) electrons. The summed E-state index contributed by atoms with van der Waals surface area (Å²) >= 11 is 0. The average Bonchev–Trinajstić information content (AvgIpc) is 2.50. The van der Waals surface area contributed by atoms with Crippen LogP contribution in [0.1, 0.15) is 36.2 Å². The number of amides is 1. The zero-order chi connectivity index (χ0) is 16.8. The number of hydrogen-bond donors (Lipinski definition) is 1. The maximum atomic E-state index is 12.8. The fourth-order valence-corrected chi connectivity index (χ4v) is 3.05. The van der Waals surface area contributed by atoms with E-state index in [4.69, 9.17) is 5.73 Å². The van der Waals surface area contributed by atoms with E-state index in [-0.39, 0.29) is 28.5 Å². The number of aryl methyl sites for hydroxylation is 1. The maximum Gasteiger partial charge on any atom is 0.270 e. The van der Waals surface area contributed by atoms with Crippen molar-refractivity contribution < 1.29 is 4.79 Å². The van der Waals surface area contributed by atoms with Crippen molar-refractivity contribution in [1.82, 2.24) is 14.3 Å². The molecule has 0 spiro atoms. The Hall–Kier alpha value is -2.21. The molecule has 0 aromatic carbocycles. The monoisotopic (exact) mass is 314 g/mol. The fourth-order valence-electron chi connectivity index (χ4n) is 3.05. The zero-order valence-corrected chi connectivity index (χ0v) is 13.7. The summed E-state index contributed by atoms with van der Waals surface area (Å²) in [6.07, 6.45) is 3.83. The topological polar surface area (TPSA) is 80.7 Å². The predicted octanol–water partition coefficient (Wildman–Crippen LogP) is 1.20. The number of rotatable bonds is 1. The Balaban J connectivity index is 1.99. The Bertz CT molecular complexity index is 825. The molecule has 122 valence electrons. The van der Waals surface area contributed by atoms with Crippen molar-refractivity contribution in [2.24, 2.45) is 11.1 Å². The molecule has 6 heteroatoms. The molecule has 0 bridgehead atoms. The van der Waals surface area contributed by atoms with Crippen molar-refractivity contribution in [3.05, 3.63) is 46.0 Å². The van der Waals surface area contributed by atoms with Crippen molar-refractivity contribution in [1.29, 1.82) is 0 Å². The molecule has 1 fully saturated rings. The molecule has 3 heterocycles. The lowest BCUT2D eigenvalue weighted by molar-refractivity contribution is 0.0530. The lowest BCUT2D eigenvalue weighted by Crippen LogP contribution is -2.54. The molecule has 1 saturated heterocycles. The van der Waals surface area contributed by atoms with Gasteiger partial charge in [0, 0.05) is 31.5 Å². The van der Waals surface area contributed by atoms with Crippen LogP contribution >= 0.6 is 0 Å². The van der Waals surface area contributed by atoms with Crippen LogP contribution in [-0.2, 0) is 0 Å². The van der Waals surface area contributed by atoms with Gasteiger partial charge < -0.3 is 10.6 Å². The third kappa shape index (κ3) is 2.74. The van der Waals surface area contributed by atoms with Gasteiger partial charge in [-0.1, -0.05) is 19.9 Å². The number of carbonyl (C=O) groups is 1. The summed E-state index contributed by atoms with van der Waals surface area (Å²) in [5.41, 5.74) is 7.23. The number of piperidine rings is 1. The minimum atomic E-state index is -0.323. The van der Waals surface area contributed by atoms with Crippen LogP contribution in [0.3, 0.4) is 0 Å². The molecule has 0 saturated carbocycles. The SMILES string of the molecule is Cc1ccc2ncc(C(=O)N3CCC(N)C(C)(C)C3)c(=O)n2c1. The first kappa shape index (κ1) is 15.7. The van der Waals surface area contributed by atoms with Crippen LogP contribution in [-0.4, -0.2) is 39.3 Å². The maximum absolute atomic E-state index is 12.8. The smallest absolute Gasteiger partial charge is 0.270 e. The van der Waals surface area contributed by atoms with Gasteiger partial charge in [-0.2, -0.15) is 0 Å². The first-order valence-corrected chi connectivity index (χ1v) is 7.82. The van der Waals surface area contributed by atoms with E-state index in [1.54, 1.807) is 17.2 Å². The van der Waals surface area contributed by atoms with Gasteiger partial charge in [0.15, 0.2) is 0 Å². The number of nitrogens with zero attached hydrogens (tertiary/aromatic N) is 3. The van der Waals surface area contributed by atoms with Gasteiger partial charge in [0.25, 0.3) is 11.5 Å². The van der Waals surface area contributed by atoms with Crippen LogP contribution in [0.5, 0.6) is 0 Å². The van der Waals surface area contributed by atoms with Crippen LogP contribution in [0.4, 0.5) is 0 Å². The number of pyridine rings is 1. The van der Waals surface area contributed by atoms with E-state index in [9.17, 15) is 9.59 Å². The zero-order valence-electron chi connectivity index (χ0n) is 13.7. The van der Waals surface area contributed by atoms with Gasteiger partial charge >= 0.3 is 0 Å². The number of likely N-dealkylation sites (tertiary alicyclic amines) is 1. The van der Waals surface area contributed by atoms with E-state index in [0.29, 0.717) is 18.7 Å². The molecule has 3 rings (SSSR count). The second-order valence-corrected chi connectivity index (χ2v) is 7.02. The van der Waals surface area contributed by atoms with Crippen molar-refractivity contribution in [2.45, 2.75) is 33.2 Å². The molecule has 1 unspecified atom stereocenters. The molecule has 1 amide bonds. The average molecular weight is 314 g/mol. The van der Waals surface area contributed by atoms with Gasteiger partial charge in [0.05, 0.1) is 0 Å². The van der Waals surface area contributed by atoms with E-state index >= 15 is 0 Å². The Labute approximate surface area is 134 Å². The number of hydrogen-bond acceptors (Lipinski definition) is 4. The van der Waals surface area contributed by atoms with Gasteiger partial charge in [-0.05, 0) is 30.4 Å². The van der Waals surface area contributed by atoms with Crippen LogP contribution < -0.4 is 11.3 Å². The van der Waals surface area contributed by atoms with Crippen molar-refractivity contribution in [3.8, 4) is 0 Å². The highest BCUT2D eigenvalue weighted by molar-refractivity contribution is 5.93. The summed E-state index contributed by atoms with van der Waals surface area (Å²) < 4.78 is 1.43. The summed E-state index contributed by atoms with van der Waals surface area (Å²) in [6, 6.07) is 3.72. The van der Waals surface area contributed by atoms with Crippen molar-refractivity contribution in [2.75, 3.05) is 13.1 Å². The molecule has 2 N–H and O–H groups in total. The van der Waals surface area contributed by atoms with Gasteiger partial charge in [-0.15, -0.1) is 0 Å². The molecule has 2 aromatic heterocycles. The fraction of sp³-hybridized carbons (Fsp3) is 0.471. The van der Waals surface area contributed by atoms with Crippen molar-refractivity contribution >= 4 is 11.6 Å². The second-order valence-electron chi connectivity index (χ2n) is 7.02. The molecule has 6 nitrogen and oxygen atoms in total. The predicted molar refractivity (Wildman–Crippen MR) is 88.5 cm³/mol. The third-order valence-corrected chi connectivity index (χ3v) is 4.68. The van der Waals surface area contributed by atoms with Crippen LogP contribution in [0.25, 0.3) is 5.65 Å². The number of aromatic nitrogens is 2. The number of fused-ring (bicyclic) bond motifs is 1. The second kappa shape index (κ2) is 5.45. The highest BCUT2D eigenvalue weighted by Crippen LogP contribution is 2.28. The molecule has 1 atom stereocenters. The Morgan fingerprint density at radius 2 is 2.13 bits per heavy atom. The number of nitrogens with two attached hydrogens (primary N) is 1. The Morgan fingerprint density at radius 3 is 2.83 bits per heavy atom. The largest absolute Gasteiger partial charge is 0.338 e. The molecule has 1 aliphatic rings. The molecular formula is C17H22N4O2. The molecule has 0 aliphatic carbocycles. The molecule has 1 aliphatic heterocycles. The summed E-state index contributed by atoms with van der Waals surface area (Å²) in [5.74, 6) is -0.265. The molecule has 23 heavy (non-hydrogen) atoms. The minimum absolute atomic E-state index is 0.0602. The molecular weight excluding hydrogens is 292 g/mol. The first-order chi connectivity index (χ1) is 10.8.